The molecule has 0 saturated heterocycles. The van der Waals surface area contributed by atoms with Gasteiger partial charge in [-0.15, -0.1) is 4.33 Å². The van der Waals surface area contributed by atoms with Crippen LogP contribution < -0.4 is 16.0 Å². The topological polar surface area (TPSA) is 197 Å². The van der Waals surface area contributed by atoms with E-state index in [1.165, 1.54) is 0 Å². The number of hydrogen-bond donors (Lipinski definition) is 6. The zero-order valence-electron chi connectivity index (χ0n) is 17.0. The Bertz CT molecular complexity index is 966. The summed E-state index contributed by atoms with van der Waals surface area (Å²) in [6.45, 7) is 2.48. The number of aromatic nitrogens is 3. The first-order valence-corrected chi connectivity index (χ1v) is 11.6. The molecule has 0 aliphatic carbocycles. The molecule has 2 rings (SSSR count). The molecule has 0 unspecified atom stereocenters. The van der Waals surface area contributed by atoms with Gasteiger partial charge in [0.2, 0.25) is 17.8 Å². The summed E-state index contributed by atoms with van der Waals surface area (Å²) >= 11 is 0.807. The fourth-order valence-electron chi connectivity index (χ4n) is 2.23. The third kappa shape index (κ3) is 9.88. The van der Waals surface area contributed by atoms with E-state index in [1.54, 1.807) is 18.2 Å². The summed E-state index contributed by atoms with van der Waals surface area (Å²) < 4.78 is 40.4. The summed E-state index contributed by atoms with van der Waals surface area (Å²) in [4.78, 5) is 13.3. The van der Waals surface area contributed by atoms with E-state index in [4.69, 9.17) is 19.7 Å². The van der Waals surface area contributed by atoms with Crippen LogP contribution in [0.15, 0.2) is 23.1 Å². The van der Waals surface area contributed by atoms with Crippen LogP contribution in [0, 0.1) is 6.92 Å². The molecule has 2 aromatic rings. The lowest BCUT2D eigenvalue weighted by Crippen LogP contribution is -2.18. The number of anilines is 4. The van der Waals surface area contributed by atoms with Gasteiger partial charge in [0.15, 0.2) is 0 Å². The summed E-state index contributed by atoms with van der Waals surface area (Å²) in [6.07, 6.45) is 0. The predicted octanol–water partition coefficient (Wildman–Crippen LogP) is 1.07. The van der Waals surface area contributed by atoms with Gasteiger partial charge < -0.3 is 25.8 Å². The number of aliphatic hydroxyl groups is 1. The minimum Gasteiger partial charge on any atom is -0.394 e. The smallest absolute Gasteiger partial charge is 0.266 e. The molecule has 0 saturated carbocycles. The van der Waals surface area contributed by atoms with Crippen molar-refractivity contribution in [1.82, 2.24) is 15.0 Å². The lowest BCUT2D eigenvalue weighted by molar-refractivity contribution is -0.432. The van der Waals surface area contributed by atoms with E-state index >= 15 is 0 Å². The number of hydrogen-bond acceptors (Lipinski definition) is 14. The Balaban J connectivity index is 2.15. The average Bonchev–Trinajstić information content (AvgIpc) is 2.73. The van der Waals surface area contributed by atoms with Crippen molar-refractivity contribution in [2.75, 3.05) is 54.6 Å². The van der Waals surface area contributed by atoms with Crippen molar-refractivity contribution in [3.05, 3.63) is 23.8 Å². The van der Waals surface area contributed by atoms with Crippen LogP contribution in [0.1, 0.15) is 5.56 Å². The van der Waals surface area contributed by atoms with Crippen LogP contribution in [-0.4, -0.2) is 76.9 Å². The number of nitrogens with one attached hydrogen (secondary N) is 3. The summed E-state index contributed by atoms with van der Waals surface area (Å²) in [5, 5.41) is 29.4. The molecule has 1 aromatic heterocycles. The summed E-state index contributed by atoms with van der Waals surface area (Å²) in [6, 6.07) is 5.28. The molecule has 0 fully saturated rings. The average molecular weight is 493 g/mol. The Morgan fingerprint density at radius 1 is 1.06 bits per heavy atom. The molecule has 0 spiro atoms. The van der Waals surface area contributed by atoms with E-state index in [9.17, 15) is 8.42 Å². The van der Waals surface area contributed by atoms with E-state index in [-0.39, 0.29) is 37.6 Å². The zero-order chi connectivity index (χ0) is 23.4. The van der Waals surface area contributed by atoms with Crippen molar-refractivity contribution in [1.29, 1.82) is 0 Å². The second kappa shape index (κ2) is 13.3. The molecule has 1 aromatic carbocycles. The highest BCUT2D eigenvalue weighted by atomic mass is 32.2. The van der Waals surface area contributed by atoms with Crippen molar-refractivity contribution >= 4 is 45.7 Å². The van der Waals surface area contributed by atoms with Gasteiger partial charge in [-0.2, -0.15) is 23.4 Å². The van der Waals surface area contributed by atoms with Gasteiger partial charge in [-0.3, -0.25) is 4.55 Å². The van der Waals surface area contributed by atoms with Gasteiger partial charge in [0.1, 0.15) is 0 Å². The highest BCUT2D eigenvalue weighted by Gasteiger charge is 2.10. The first kappa shape index (κ1) is 25.9. The van der Waals surface area contributed by atoms with Crippen molar-refractivity contribution in [3.8, 4) is 0 Å². The van der Waals surface area contributed by atoms with E-state index in [0.29, 0.717) is 23.7 Å². The third-order valence-corrected chi connectivity index (χ3v) is 5.11. The Morgan fingerprint density at radius 3 is 2.41 bits per heavy atom. The van der Waals surface area contributed by atoms with Crippen LogP contribution in [0.3, 0.4) is 0 Å². The first-order chi connectivity index (χ1) is 15.3. The standard InChI is InChI=1S/C16H24N6O8S2/c1-11-2-3-12(10-13(11)31-30-29-24)19-16-21-14(17-4-7-28-8-6-23)20-15(22-16)18-5-9-32(25,26)27/h2-3,10,23-24H,4-9H2,1H3,(H,25,26,27)(H3,17,18,19,20,21,22). The van der Waals surface area contributed by atoms with Gasteiger partial charge >= 0.3 is 0 Å². The summed E-state index contributed by atoms with van der Waals surface area (Å²) in [5.74, 6) is -0.121. The number of benzene rings is 1. The number of aliphatic hydroxyl groups excluding tert-OH is 1. The van der Waals surface area contributed by atoms with Gasteiger partial charge in [0, 0.05) is 23.7 Å². The van der Waals surface area contributed by atoms with E-state index < -0.39 is 15.9 Å². The SMILES string of the molecule is Cc1ccc(Nc2nc(NCCOCCO)nc(NCCS(=O)(=O)O)n2)cc1SOOO. The Kier molecular flexibility index (Phi) is 10.8. The molecule has 0 bridgehead atoms. The number of nitrogens with zero attached hydrogens (tertiary/aromatic N) is 3. The van der Waals surface area contributed by atoms with Gasteiger partial charge in [0.05, 0.1) is 37.6 Å². The Labute approximate surface area is 188 Å². The van der Waals surface area contributed by atoms with Crippen LogP contribution >= 0.6 is 12.0 Å². The maximum atomic E-state index is 10.9. The summed E-state index contributed by atoms with van der Waals surface area (Å²) in [5.41, 5.74) is 1.46. The minimum absolute atomic E-state index is 0.0728. The van der Waals surface area contributed by atoms with Crippen LogP contribution in [0.5, 0.6) is 0 Å². The van der Waals surface area contributed by atoms with Crippen molar-refractivity contribution in [2.45, 2.75) is 11.8 Å². The molecule has 14 nitrogen and oxygen atoms in total. The molecule has 1 heterocycles. The molecule has 0 amide bonds. The fourth-order valence-corrected chi connectivity index (χ4v) is 3.07. The molecule has 0 radical (unpaired) electrons. The Hall–Kier alpha value is -2.31. The quantitative estimate of drug-likeness (QED) is 0.0678. The lowest BCUT2D eigenvalue weighted by Gasteiger charge is -2.12. The van der Waals surface area contributed by atoms with Gasteiger partial charge in [-0.25, -0.2) is 5.26 Å². The molecule has 6 N–H and O–H groups in total. The second-order valence-electron chi connectivity index (χ2n) is 6.11. The number of ether oxygens (including phenoxy) is 1. The molecule has 32 heavy (non-hydrogen) atoms. The van der Waals surface area contributed by atoms with Crippen LogP contribution in [0.4, 0.5) is 23.5 Å². The summed E-state index contributed by atoms with van der Waals surface area (Å²) in [7, 11) is -4.15. The second-order valence-corrected chi connectivity index (χ2v) is 8.43. The normalized spacial score (nSPS) is 11.4. The Morgan fingerprint density at radius 2 is 1.75 bits per heavy atom. The van der Waals surface area contributed by atoms with Crippen molar-refractivity contribution in [3.63, 3.8) is 0 Å². The third-order valence-electron chi connectivity index (χ3n) is 3.64. The zero-order valence-corrected chi connectivity index (χ0v) is 18.6. The monoisotopic (exact) mass is 492 g/mol. The number of aryl methyl sites for hydroxylation is 1. The molecule has 178 valence electrons. The predicted molar refractivity (Wildman–Crippen MR) is 116 cm³/mol. The highest BCUT2D eigenvalue weighted by molar-refractivity contribution is 7.94. The molecule has 16 heteroatoms. The fraction of sp³-hybridized carbons (Fsp3) is 0.438. The van der Waals surface area contributed by atoms with Crippen LogP contribution in [0.25, 0.3) is 0 Å². The highest BCUT2D eigenvalue weighted by Crippen LogP contribution is 2.27. The largest absolute Gasteiger partial charge is 0.394 e. The van der Waals surface area contributed by atoms with Gasteiger partial charge in [-0.1, -0.05) is 11.1 Å². The number of rotatable bonds is 15. The lowest BCUT2D eigenvalue weighted by atomic mass is 10.2. The van der Waals surface area contributed by atoms with Crippen LogP contribution in [-0.2, 0) is 24.2 Å². The molecule has 0 aliphatic rings. The van der Waals surface area contributed by atoms with E-state index in [1.807, 2.05) is 6.92 Å². The molecule has 0 atom stereocenters. The maximum absolute atomic E-state index is 10.9. The maximum Gasteiger partial charge on any atom is 0.266 e. The first-order valence-electron chi connectivity index (χ1n) is 9.20. The van der Waals surface area contributed by atoms with Crippen LogP contribution in [0.2, 0.25) is 0 Å². The molecular weight excluding hydrogens is 468 g/mol. The molecular formula is C16H24N6O8S2. The van der Waals surface area contributed by atoms with E-state index in [0.717, 1.165) is 17.6 Å². The van der Waals surface area contributed by atoms with Crippen molar-refractivity contribution < 1.29 is 37.4 Å². The molecule has 0 aliphatic heterocycles. The van der Waals surface area contributed by atoms with Crippen molar-refractivity contribution in [2.24, 2.45) is 0 Å². The van der Waals surface area contributed by atoms with Gasteiger partial charge in [0.25, 0.3) is 10.1 Å². The van der Waals surface area contributed by atoms with E-state index in [2.05, 4.69) is 40.3 Å². The van der Waals surface area contributed by atoms with Gasteiger partial charge in [-0.05, 0) is 24.6 Å². The minimum atomic E-state index is -4.15.